The van der Waals surface area contributed by atoms with Gasteiger partial charge in [-0.3, -0.25) is 14.4 Å². The molecule has 1 atom stereocenters. The van der Waals surface area contributed by atoms with Crippen molar-refractivity contribution in [1.29, 1.82) is 0 Å². The molecular formula is C20H31N3O3. The van der Waals surface area contributed by atoms with E-state index in [4.69, 9.17) is 0 Å². The molecule has 0 aliphatic carbocycles. The van der Waals surface area contributed by atoms with Gasteiger partial charge in [-0.15, -0.1) is 0 Å². The van der Waals surface area contributed by atoms with Gasteiger partial charge >= 0.3 is 0 Å². The molecule has 1 fully saturated rings. The van der Waals surface area contributed by atoms with Crippen molar-refractivity contribution in [3.63, 3.8) is 0 Å². The molecule has 1 aromatic heterocycles. The third-order valence-corrected chi connectivity index (χ3v) is 5.11. The van der Waals surface area contributed by atoms with Gasteiger partial charge in [0.05, 0.1) is 0 Å². The highest BCUT2D eigenvalue weighted by molar-refractivity contribution is 5.99. The minimum absolute atomic E-state index is 0.0344. The number of likely N-dealkylation sites (tertiary alicyclic amines) is 1. The lowest BCUT2D eigenvalue weighted by molar-refractivity contribution is 0.0605. The molecule has 0 spiro atoms. The van der Waals surface area contributed by atoms with Crippen molar-refractivity contribution in [1.82, 2.24) is 14.8 Å². The Kier molecular flexibility index (Phi) is 7.00. The predicted octanol–water partition coefficient (Wildman–Crippen LogP) is 2.66. The van der Waals surface area contributed by atoms with Gasteiger partial charge in [0, 0.05) is 38.6 Å². The largest absolute Gasteiger partial charge is 0.355 e. The molecule has 1 N–H and O–H groups in total. The number of amides is 2. The molecule has 6 nitrogen and oxygen atoms in total. The van der Waals surface area contributed by atoms with E-state index in [9.17, 15) is 14.4 Å². The molecule has 2 amide bonds. The first-order valence-corrected chi connectivity index (χ1v) is 9.66. The zero-order valence-corrected chi connectivity index (χ0v) is 16.4. The van der Waals surface area contributed by atoms with Crippen molar-refractivity contribution in [3.05, 3.63) is 33.7 Å². The van der Waals surface area contributed by atoms with Crippen LogP contribution in [0.3, 0.4) is 0 Å². The fraction of sp³-hybridized carbons (Fsp3) is 0.650. The van der Waals surface area contributed by atoms with Crippen molar-refractivity contribution in [2.24, 2.45) is 5.92 Å². The maximum absolute atomic E-state index is 13.1. The maximum atomic E-state index is 13.1. The van der Waals surface area contributed by atoms with Gasteiger partial charge in [0.1, 0.15) is 11.1 Å². The molecule has 6 heteroatoms. The first-order chi connectivity index (χ1) is 12.4. The van der Waals surface area contributed by atoms with Gasteiger partial charge in [0.2, 0.25) is 5.43 Å². The summed E-state index contributed by atoms with van der Waals surface area (Å²) in [7, 11) is 1.49. The van der Waals surface area contributed by atoms with Gasteiger partial charge < -0.3 is 14.8 Å². The van der Waals surface area contributed by atoms with Crippen molar-refractivity contribution < 1.29 is 9.59 Å². The van der Waals surface area contributed by atoms with E-state index >= 15 is 0 Å². The summed E-state index contributed by atoms with van der Waals surface area (Å²) in [6.07, 6.45) is 8.01. The predicted molar refractivity (Wildman–Crippen MR) is 103 cm³/mol. The molecule has 1 aliphatic heterocycles. The highest BCUT2D eigenvalue weighted by Gasteiger charge is 2.29. The van der Waals surface area contributed by atoms with E-state index in [1.165, 1.54) is 7.05 Å². The van der Waals surface area contributed by atoms with Crippen molar-refractivity contribution in [3.8, 4) is 0 Å². The summed E-state index contributed by atoms with van der Waals surface area (Å²) in [6, 6.07) is 0.170. The number of pyridine rings is 1. The SMILES string of the molecule is CCC1CCCCN1C(=O)c1cn(CCC(C)C)cc(C(=O)NC)c1=O. The molecule has 2 rings (SSSR count). The average Bonchev–Trinajstić information content (AvgIpc) is 2.65. The number of piperidine rings is 1. The monoisotopic (exact) mass is 361 g/mol. The van der Waals surface area contributed by atoms with Gasteiger partial charge in [-0.2, -0.15) is 0 Å². The van der Waals surface area contributed by atoms with Crippen LogP contribution in [0.2, 0.25) is 0 Å². The summed E-state index contributed by atoms with van der Waals surface area (Å²) in [6.45, 7) is 7.65. The van der Waals surface area contributed by atoms with Gasteiger partial charge in [-0.1, -0.05) is 20.8 Å². The number of hydrogen-bond acceptors (Lipinski definition) is 3. The maximum Gasteiger partial charge on any atom is 0.259 e. The van der Waals surface area contributed by atoms with Crippen LogP contribution in [-0.4, -0.2) is 40.9 Å². The summed E-state index contributed by atoms with van der Waals surface area (Å²) in [4.78, 5) is 39.9. The number of rotatable bonds is 6. The zero-order valence-electron chi connectivity index (χ0n) is 16.4. The lowest BCUT2D eigenvalue weighted by Crippen LogP contribution is -2.45. The molecule has 144 valence electrons. The Balaban J connectivity index is 2.44. The molecule has 1 aliphatic rings. The molecule has 2 heterocycles. The van der Waals surface area contributed by atoms with Gasteiger partial charge in [-0.25, -0.2) is 0 Å². The molecule has 0 saturated carbocycles. The molecule has 1 aromatic rings. The van der Waals surface area contributed by atoms with E-state index in [2.05, 4.69) is 26.1 Å². The third-order valence-electron chi connectivity index (χ3n) is 5.11. The van der Waals surface area contributed by atoms with Crippen molar-refractivity contribution in [2.45, 2.75) is 65.5 Å². The van der Waals surface area contributed by atoms with Crippen LogP contribution < -0.4 is 10.7 Å². The zero-order chi connectivity index (χ0) is 19.3. The number of nitrogens with zero attached hydrogens (tertiary/aromatic N) is 2. The number of hydrogen-bond donors (Lipinski definition) is 1. The quantitative estimate of drug-likeness (QED) is 0.847. The Morgan fingerprint density at radius 2 is 1.92 bits per heavy atom. The minimum atomic E-state index is -0.476. The van der Waals surface area contributed by atoms with Crippen molar-refractivity contribution in [2.75, 3.05) is 13.6 Å². The average molecular weight is 361 g/mol. The second kappa shape index (κ2) is 9.01. The van der Waals surface area contributed by atoms with Crippen molar-refractivity contribution >= 4 is 11.8 Å². The topological polar surface area (TPSA) is 71.4 Å². The Bertz CT molecular complexity index is 709. The lowest BCUT2D eigenvalue weighted by atomic mass is 9.98. The Labute approximate surface area is 155 Å². The van der Waals surface area contributed by atoms with Crippen LogP contribution in [-0.2, 0) is 6.54 Å². The van der Waals surface area contributed by atoms with E-state index in [1.54, 1.807) is 12.4 Å². The number of nitrogens with one attached hydrogen (secondary N) is 1. The van der Waals surface area contributed by atoms with Crippen LogP contribution in [0.5, 0.6) is 0 Å². The van der Waals surface area contributed by atoms with E-state index in [1.807, 2.05) is 9.47 Å². The summed E-state index contributed by atoms with van der Waals surface area (Å²) in [5, 5.41) is 2.50. The first kappa shape index (κ1) is 20.2. The molecule has 1 unspecified atom stereocenters. The van der Waals surface area contributed by atoms with E-state index in [-0.39, 0.29) is 23.1 Å². The fourth-order valence-electron chi connectivity index (χ4n) is 3.46. The van der Waals surface area contributed by atoms with Gasteiger partial charge in [0.15, 0.2) is 0 Å². The smallest absolute Gasteiger partial charge is 0.259 e. The fourth-order valence-corrected chi connectivity index (χ4v) is 3.46. The Morgan fingerprint density at radius 1 is 1.23 bits per heavy atom. The van der Waals surface area contributed by atoms with Gasteiger partial charge in [-0.05, 0) is 38.0 Å². The number of carbonyl (C=O) groups is 2. The molecule has 26 heavy (non-hydrogen) atoms. The molecule has 0 radical (unpaired) electrons. The van der Waals surface area contributed by atoms with Gasteiger partial charge in [0.25, 0.3) is 11.8 Å². The first-order valence-electron chi connectivity index (χ1n) is 9.66. The summed E-state index contributed by atoms with van der Waals surface area (Å²) in [5.41, 5.74) is -0.335. The highest BCUT2D eigenvalue weighted by atomic mass is 16.2. The summed E-state index contributed by atoms with van der Waals surface area (Å²) in [5.74, 6) is -0.206. The Morgan fingerprint density at radius 3 is 2.54 bits per heavy atom. The van der Waals surface area contributed by atoms with Crippen LogP contribution in [0.4, 0.5) is 0 Å². The molecule has 1 saturated heterocycles. The number of aromatic nitrogens is 1. The molecule has 0 bridgehead atoms. The Hall–Kier alpha value is -2.11. The second-order valence-electron chi connectivity index (χ2n) is 7.47. The van der Waals surface area contributed by atoms with Crippen LogP contribution in [0.1, 0.15) is 73.6 Å². The highest BCUT2D eigenvalue weighted by Crippen LogP contribution is 2.21. The summed E-state index contributed by atoms with van der Waals surface area (Å²) < 4.78 is 1.81. The lowest BCUT2D eigenvalue weighted by Gasteiger charge is -2.35. The second-order valence-corrected chi connectivity index (χ2v) is 7.47. The van der Waals surface area contributed by atoms with E-state index in [0.29, 0.717) is 19.0 Å². The van der Waals surface area contributed by atoms with Crippen LogP contribution in [0.25, 0.3) is 0 Å². The molecular weight excluding hydrogens is 330 g/mol. The van der Waals surface area contributed by atoms with E-state index in [0.717, 1.165) is 32.1 Å². The van der Waals surface area contributed by atoms with E-state index < -0.39 is 11.3 Å². The normalized spacial score (nSPS) is 17.4. The van der Waals surface area contributed by atoms with Crippen LogP contribution in [0.15, 0.2) is 17.2 Å². The summed E-state index contributed by atoms with van der Waals surface area (Å²) >= 11 is 0. The minimum Gasteiger partial charge on any atom is -0.355 e. The standard InChI is InChI=1S/C20H31N3O3/c1-5-15-8-6-7-10-23(15)20(26)17-13-22(11-9-14(2)3)12-16(18(17)24)19(25)21-4/h12-15H,5-11H2,1-4H3,(H,21,25). The van der Waals surface area contributed by atoms with Crippen LogP contribution in [0, 0.1) is 5.92 Å². The number of carbonyl (C=O) groups excluding carboxylic acids is 2. The molecule has 0 aromatic carbocycles. The van der Waals surface area contributed by atoms with Crippen LogP contribution >= 0.6 is 0 Å². The number of aryl methyl sites for hydroxylation is 1. The third kappa shape index (κ3) is 4.54.